The largest absolute Gasteiger partial charge is 0.381 e. The summed E-state index contributed by atoms with van der Waals surface area (Å²) in [6.07, 6.45) is 5.42. The standard InChI is InChI=1S/C16H19BrO/c1-11-15-9-13(17)4-3-12(15)10-16(11)7-5-14(18-2)6-8-16/h3-4,9,14H,1,5-8,10H2,2H3/t14-,16-/i1D2. The van der Waals surface area contributed by atoms with Crippen LogP contribution < -0.4 is 0 Å². The van der Waals surface area contributed by atoms with Crippen molar-refractivity contribution in [3.05, 3.63) is 40.3 Å². The molecule has 0 atom stereocenters. The Morgan fingerprint density at radius 1 is 1.44 bits per heavy atom. The molecule has 0 saturated heterocycles. The molecule has 1 spiro atoms. The average molecular weight is 309 g/mol. The predicted molar refractivity (Wildman–Crippen MR) is 78.6 cm³/mol. The van der Waals surface area contributed by atoms with E-state index in [2.05, 4.69) is 34.1 Å². The summed E-state index contributed by atoms with van der Waals surface area (Å²) in [6, 6.07) is 6.27. The lowest BCUT2D eigenvalue weighted by Crippen LogP contribution is -2.30. The summed E-state index contributed by atoms with van der Waals surface area (Å²) < 4.78 is 22.4. The molecular formula is C16H19BrO. The van der Waals surface area contributed by atoms with E-state index < -0.39 is 0 Å². The van der Waals surface area contributed by atoms with Crippen LogP contribution in [0.1, 0.15) is 39.6 Å². The van der Waals surface area contributed by atoms with Gasteiger partial charge < -0.3 is 4.74 Å². The number of fused-ring (bicyclic) bond motifs is 1. The number of methoxy groups -OCH3 is 1. The predicted octanol–water partition coefficient (Wildman–Crippen LogP) is 4.59. The zero-order valence-corrected chi connectivity index (χ0v) is 12.2. The summed E-state index contributed by atoms with van der Waals surface area (Å²) in [5, 5.41) is 0. The zero-order valence-electron chi connectivity index (χ0n) is 12.6. The van der Waals surface area contributed by atoms with Crippen LogP contribution >= 0.6 is 15.9 Å². The van der Waals surface area contributed by atoms with Gasteiger partial charge in [0, 0.05) is 11.6 Å². The van der Waals surface area contributed by atoms with Crippen LogP contribution in [0.25, 0.3) is 5.57 Å². The first-order chi connectivity index (χ1) is 9.55. The topological polar surface area (TPSA) is 9.23 Å². The molecule has 1 nitrogen and oxygen atoms in total. The summed E-state index contributed by atoms with van der Waals surface area (Å²) >= 11 is 3.51. The highest BCUT2D eigenvalue weighted by Gasteiger charge is 2.43. The summed E-state index contributed by atoms with van der Waals surface area (Å²) in [7, 11) is 1.78. The third-order valence-corrected chi connectivity index (χ3v) is 5.12. The van der Waals surface area contributed by atoms with Crippen LogP contribution in [-0.2, 0) is 11.2 Å². The highest BCUT2D eigenvalue weighted by Crippen LogP contribution is 2.54. The Bertz CT molecular complexity index is 556. The van der Waals surface area contributed by atoms with Crippen molar-refractivity contribution in [1.29, 1.82) is 0 Å². The van der Waals surface area contributed by atoms with Gasteiger partial charge in [-0.3, -0.25) is 0 Å². The first kappa shape index (κ1) is 10.2. The van der Waals surface area contributed by atoms with E-state index in [4.69, 9.17) is 7.48 Å². The minimum atomic E-state index is -0.0160. The molecule has 1 fully saturated rings. The molecule has 1 saturated carbocycles. The lowest BCUT2D eigenvalue weighted by Gasteiger charge is -2.37. The quantitative estimate of drug-likeness (QED) is 0.737. The van der Waals surface area contributed by atoms with Crippen molar-refractivity contribution in [2.75, 3.05) is 7.11 Å². The van der Waals surface area contributed by atoms with Crippen LogP contribution in [0.2, 0.25) is 0 Å². The van der Waals surface area contributed by atoms with Gasteiger partial charge in [0.1, 0.15) is 0 Å². The van der Waals surface area contributed by atoms with Crippen LogP contribution in [0.4, 0.5) is 0 Å². The maximum atomic E-state index is 7.93. The van der Waals surface area contributed by atoms with Crippen molar-refractivity contribution < 1.29 is 7.48 Å². The van der Waals surface area contributed by atoms with Gasteiger partial charge in [0.25, 0.3) is 0 Å². The molecule has 0 bridgehead atoms. The Balaban J connectivity index is 2.01. The Kier molecular flexibility index (Phi) is 2.55. The number of benzene rings is 1. The lowest BCUT2D eigenvalue weighted by molar-refractivity contribution is 0.0448. The van der Waals surface area contributed by atoms with Gasteiger partial charge in [-0.15, -0.1) is 0 Å². The minimum Gasteiger partial charge on any atom is -0.381 e. The van der Waals surface area contributed by atoms with E-state index in [1.807, 2.05) is 0 Å². The summed E-state index contributed by atoms with van der Waals surface area (Å²) in [5.74, 6) is 0. The van der Waals surface area contributed by atoms with E-state index in [-0.39, 0.29) is 11.9 Å². The fourth-order valence-electron chi connectivity index (χ4n) is 3.48. The van der Waals surface area contributed by atoms with E-state index >= 15 is 0 Å². The van der Waals surface area contributed by atoms with Gasteiger partial charge in [-0.25, -0.2) is 0 Å². The highest BCUT2D eigenvalue weighted by molar-refractivity contribution is 9.10. The molecule has 1 aromatic carbocycles. The van der Waals surface area contributed by atoms with E-state index in [9.17, 15) is 0 Å². The molecule has 2 heteroatoms. The van der Waals surface area contributed by atoms with Crippen molar-refractivity contribution in [2.24, 2.45) is 5.41 Å². The van der Waals surface area contributed by atoms with Crippen molar-refractivity contribution >= 4 is 21.5 Å². The maximum Gasteiger partial charge on any atom is 0.0572 e. The fourth-order valence-corrected chi connectivity index (χ4v) is 3.84. The van der Waals surface area contributed by atoms with Crippen LogP contribution in [0.5, 0.6) is 0 Å². The minimum absolute atomic E-state index is 0.00299. The molecule has 96 valence electrons. The second-order valence-corrected chi connectivity index (χ2v) is 6.48. The smallest absolute Gasteiger partial charge is 0.0572 e. The molecule has 0 aliphatic heterocycles. The van der Waals surface area contributed by atoms with Gasteiger partial charge in [0.15, 0.2) is 0 Å². The first-order valence-corrected chi connectivity index (χ1v) is 7.34. The molecular weight excluding hydrogens is 288 g/mol. The van der Waals surface area contributed by atoms with Crippen molar-refractivity contribution in [2.45, 2.75) is 38.2 Å². The molecule has 1 aromatic rings. The summed E-state index contributed by atoms with van der Waals surface area (Å²) in [4.78, 5) is 0. The fraction of sp³-hybridized carbons (Fsp3) is 0.500. The molecule has 0 radical (unpaired) electrons. The van der Waals surface area contributed by atoms with E-state index in [1.165, 1.54) is 5.56 Å². The van der Waals surface area contributed by atoms with Crippen molar-refractivity contribution in [1.82, 2.24) is 0 Å². The number of hydrogen-bond acceptors (Lipinski definition) is 1. The molecule has 2 aliphatic carbocycles. The van der Waals surface area contributed by atoms with E-state index in [1.54, 1.807) is 7.11 Å². The van der Waals surface area contributed by atoms with Crippen LogP contribution in [0.15, 0.2) is 29.2 Å². The molecule has 0 N–H and O–H groups in total. The normalized spacial score (nSPS) is 32.1. The highest BCUT2D eigenvalue weighted by atomic mass is 79.9. The van der Waals surface area contributed by atoms with Crippen molar-refractivity contribution in [3.63, 3.8) is 0 Å². The summed E-state index contributed by atoms with van der Waals surface area (Å²) in [6.45, 7) is -0.0160. The molecule has 0 heterocycles. The molecule has 2 aliphatic rings. The molecule has 3 rings (SSSR count). The Morgan fingerprint density at radius 3 is 2.89 bits per heavy atom. The van der Waals surface area contributed by atoms with E-state index in [0.29, 0.717) is 6.10 Å². The monoisotopic (exact) mass is 308 g/mol. The lowest BCUT2D eigenvalue weighted by atomic mass is 9.69. The Hall–Kier alpha value is -0.600. The van der Waals surface area contributed by atoms with Crippen LogP contribution in [0.3, 0.4) is 0 Å². The van der Waals surface area contributed by atoms with Crippen LogP contribution in [0, 0.1) is 5.41 Å². The zero-order chi connectivity index (χ0) is 14.3. The van der Waals surface area contributed by atoms with Gasteiger partial charge >= 0.3 is 0 Å². The Labute approximate surface area is 120 Å². The maximum absolute atomic E-state index is 7.93. The first-order valence-electron chi connectivity index (χ1n) is 7.55. The third-order valence-electron chi connectivity index (χ3n) is 4.62. The summed E-state index contributed by atoms with van der Waals surface area (Å²) in [5.41, 5.74) is 3.34. The third kappa shape index (κ3) is 1.86. The molecule has 0 amide bonds. The number of halogens is 1. The molecule has 18 heavy (non-hydrogen) atoms. The van der Waals surface area contributed by atoms with Gasteiger partial charge in [-0.1, -0.05) is 28.5 Å². The van der Waals surface area contributed by atoms with Crippen molar-refractivity contribution in [3.8, 4) is 0 Å². The SMILES string of the molecule is [2H]C([2H])=C1c2cc(Br)ccc2C[C@]12CC[C@@H](OC)CC2. The van der Waals surface area contributed by atoms with Gasteiger partial charge in [-0.05, 0) is 66.4 Å². The second-order valence-electron chi connectivity index (χ2n) is 5.57. The van der Waals surface area contributed by atoms with E-state index in [0.717, 1.165) is 47.7 Å². The number of hydrogen-bond donors (Lipinski definition) is 0. The Morgan fingerprint density at radius 2 is 2.22 bits per heavy atom. The average Bonchev–Trinajstić information content (AvgIpc) is 2.72. The van der Waals surface area contributed by atoms with Gasteiger partial charge in [0.2, 0.25) is 0 Å². The van der Waals surface area contributed by atoms with Gasteiger partial charge in [0.05, 0.1) is 8.85 Å². The second kappa shape index (κ2) is 4.50. The van der Waals surface area contributed by atoms with Gasteiger partial charge in [-0.2, -0.15) is 0 Å². The number of ether oxygens (including phenoxy) is 1. The number of allylic oxidation sites excluding steroid dienone is 1. The number of rotatable bonds is 1. The molecule has 0 unspecified atom stereocenters. The molecule has 0 aromatic heterocycles. The van der Waals surface area contributed by atoms with Crippen LogP contribution in [-0.4, -0.2) is 13.2 Å².